The monoisotopic (exact) mass is 285 g/mol. The Morgan fingerprint density at radius 2 is 2.05 bits per heavy atom. The van der Waals surface area contributed by atoms with Crippen LogP contribution in [0.4, 0.5) is 11.4 Å². The predicted molar refractivity (Wildman–Crippen MR) is 77.1 cm³/mol. The van der Waals surface area contributed by atoms with Crippen LogP contribution in [0.2, 0.25) is 0 Å². The molecular weight excluding hydrogens is 266 g/mol. The number of nitrogens with two attached hydrogens (primary N) is 1. The molecule has 6 nitrogen and oxygen atoms in total. The second-order valence-corrected chi connectivity index (χ2v) is 6.48. The van der Waals surface area contributed by atoms with E-state index in [-0.39, 0.29) is 18.2 Å². The molecule has 1 rings (SSSR count). The van der Waals surface area contributed by atoms with Gasteiger partial charge in [-0.2, -0.15) is 0 Å². The van der Waals surface area contributed by atoms with E-state index in [2.05, 4.69) is 10.6 Å². The number of rotatable bonds is 6. The molecule has 1 aromatic carbocycles. The summed E-state index contributed by atoms with van der Waals surface area (Å²) >= 11 is 0. The highest BCUT2D eigenvalue weighted by Crippen LogP contribution is 2.19. The lowest BCUT2D eigenvalue weighted by atomic mass is 10.1. The summed E-state index contributed by atoms with van der Waals surface area (Å²) in [5.41, 5.74) is 7.29. The normalized spacial score (nSPS) is 11.1. The van der Waals surface area contributed by atoms with Crippen molar-refractivity contribution in [2.24, 2.45) is 0 Å². The molecule has 0 aromatic heterocycles. The van der Waals surface area contributed by atoms with E-state index in [0.717, 1.165) is 0 Å². The zero-order valence-corrected chi connectivity index (χ0v) is 11.9. The Morgan fingerprint density at radius 3 is 2.63 bits per heavy atom. The first kappa shape index (κ1) is 15.3. The van der Waals surface area contributed by atoms with Crippen molar-refractivity contribution in [3.8, 4) is 0 Å². The van der Waals surface area contributed by atoms with E-state index >= 15 is 0 Å². The van der Waals surface area contributed by atoms with Gasteiger partial charge in [0.25, 0.3) is 5.91 Å². The fourth-order valence-electron chi connectivity index (χ4n) is 1.48. The van der Waals surface area contributed by atoms with E-state index in [0.29, 0.717) is 23.5 Å². The Kier molecular flexibility index (Phi) is 5.17. The molecule has 0 aliphatic rings. The minimum atomic E-state index is -3.02. The third-order valence-corrected chi connectivity index (χ3v) is 3.39. The maximum Gasteiger partial charge on any atom is 0.251 e. The van der Waals surface area contributed by atoms with Gasteiger partial charge in [-0.15, -0.1) is 0 Å². The van der Waals surface area contributed by atoms with Crippen LogP contribution in [0.15, 0.2) is 18.2 Å². The first-order valence-electron chi connectivity index (χ1n) is 5.93. The number of anilines is 2. The number of sulfone groups is 1. The van der Waals surface area contributed by atoms with Crippen molar-refractivity contribution in [3.05, 3.63) is 23.8 Å². The van der Waals surface area contributed by atoms with Gasteiger partial charge in [0.05, 0.1) is 17.1 Å². The second kappa shape index (κ2) is 6.42. The molecule has 7 heteroatoms. The lowest BCUT2D eigenvalue weighted by Gasteiger charge is -2.11. The molecule has 0 radical (unpaired) electrons. The van der Waals surface area contributed by atoms with E-state index in [1.165, 1.54) is 6.26 Å². The number of nitrogens with one attached hydrogen (secondary N) is 2. The van der Waals surface area contributed by atoms with Crippen LogP contribution in [0, 0.1) is 0 Å². The summed E-state index contributed by atoms with van der Waals surface area (Å²) in [6.45, 7) is 2.63. The van der Waals surface area contributed by atoms with Crippen molar-refractivity contribution in [1.29, 1.82) is 0 Å². The summed E-state index contributed by atoms with van der Waals surface area (Å²) in [6.07, 6.45) is 1.17. The Hall–Kier alpha value is -1.76. The molecule has 0 saturated heterocycles. The summed E-state index contributed by atoms with van der Waals surface area (Å²) in [7, 11) is -3.02. The van der Waals surface area contributed by atoms with E-state index in [1.807, 2.05) is 6.92 Å². The van der Waals surface area contributed by atoms with Crippen LogP contribution in [-0.4, -0.2) is 39.4 Å². The minimum absolute atomic E-state index is 0.0117. The number of carbonyl (C=O) groups is 1. The molecule has 0 saturated carbocycles. The van der Waals surface area contributed by atoms with Crippen LogP contribution in [-0.2, 0) is 9.84 Å². The Bertz CT molecular complexity index is 555. The average molecular weight is 285 g/mol. The van der Waals surface area contributed by atoms with Gasteiger partial charge in [0.2, 0.25) is 0 Å². The number of carbonyl (C=O) groups excluding carboxylic acids is 1. The van der Waals surface area contributed by atoms with Crippen LogP contribution in [0.3, 0.4) is 0 Å². The molecule has 0 aliphatic carbocycles. The SMILES string of the molecule is CCNC(=O)c1ccc(N)c(NCCS(C)(=O)=O)c1. The fourth-order valence-corrected chi connectivity index (χ4v) is 1.96. The molecular formula is C12H19N3O3S. The van der Waals surface area contributed by atoms with E-state index < -0.39 is 9.84 Å². The van der Waals surface area contributed by atoms with Crippen LogP contribution in [0.1, 0.15) is 17.3 Å². The van der Waals surface area contributed by atoms with Crippen molar-refractivity contribution in [2.75, 3.05) is 36.1 Å². The van der Waals surface area contributed by atoms with Gasteiger partial charge in [0.1, 0.15) is 9.84 Å². The van der Waals surface area contributed by atoms with Gasteiger partial charge in [-0.3, -0.25) is 4.79 Å². The highest BCUT2D eigenvalue weighted by molar-refractivity contribution is 7.90. The zero-order chi connectivity index (χ0) is 14.5. The van der Waals surface area contributed by atoms with E-state index in [9.17, 15) is 13.2 Å². The predicted octanol–water partition coefficient (Wildman–Crippen LogP) is 0.475. The lowest BCUT2D eigenvalue weighted by molar-refractivity contribution is 0.0956. The van der Waals surface area contributed by atoms with Gasteiger partial charge in [0.15, 0.2) is 0 Å². The Balaban J connectivity index is 2.77. The topological polar surface area (TPSA) is 101 Å². The number of amides is 1. The fraction of sp³-hybridized carbons (Fsp3) is 0.417. The molecule has 0 aliphatic heterocycles. The summed E-state index contributed by atoms with van der Waals surface area (Å²) in [5.74, 6) is -0.175. The second-order valence-electron chi connectivity index (χ2n) is 4.22. The summed E-state index contributed by atoms with van der Waals surface area (Å²) in [5, 5.41) is 5.61. The Labute approximate surface area is 113 Å². The number of nitrogen functional groups attached to an aromatic ring is 1. The maximum absolute atomic E-state index is 11.7. The summed E-state index contributed by atoms with van der Waals surface area (Å²) < 4.78 is 22.1. The molecule has 1 amide bonds. The van der Waals surface area contributed by atoms with Crippen molar-refractivity contribution in [3.63, 3.8) is 0 Å². The van der Waals surface area contributed by atoms with Crippen LogP contribution < -0.4 is 16.4 Å². The largest absolute Gasteiger partial charge is 0.397 e. The molecule has 0 spiro atoms. The van der Waals surface area contributed by atoms with E-state index in [1.54, 1.807) is 18.2 Å². The van der Waals surface area contributed by atoms with Gasteiger partial charge in [0, 0.05) is 24.9 Å². The zero-order valence-electron chi connectivity index (χ0n) is 11.1. The first-order valence-corrected chi connectivity index (χ1v) is 7.99. The van der Waals surface area contributed by atoms with Gasteiger partial charge in [-0.25, -0.2) is 8.42 Å². The third-order valence-electron chi connectivity index (χ3n) is 2.44. The van der Waals surface area contributed by atoms with Gasteiger partial charge in [-0.1, -0.05) is 0 Å². The van der Waals surface area contributed by atoms with E-state index in [4.69, 9.17) is 5.73 Å². The standard InChI is InChI=1S/C12H19N3O3S/c1-3-14-12(16)9-4-5-10(13)11(8-9)15-6-7-19(2,17)18/h4-5,8,15H,3,6-7,13H2,1-2H3,(H,14,16). The number of hydrogen-bond acceptors (Lipinski definition) is 5. The molecule has 106 valence electrons. The van der Waals surface area contributed by atoms with Crippen LogP contribution in [0.25, 0.3) is 0 Å². The van der Waals surface area contributed by atoms with Crippen LogP contribution >= 0.6 is 0 Å². The number of hydrogen-bond donors (Lipinski definition) is 3. The molecule has 1 aromatic rings. The van der Waals surface area contributed by atoms with Gasteiger partial charge in [-0.05, 0) is 25.1 Å². The minimum Gasteiger partial charge on any atom is -0.397 e. The third kappa shape index (κ3) is 5.17. The molecule has 0 fully saturated rings. The van der Waals surface area contributed by atoms with Gasteiger partial charge < -0.3 is 16.4 Å². The van der Waals surface area contributed by atoms with Gasteiger partial charge >= 0.3 is 0 Å². The van der Waals surface area contributed by atoms with Crippen molar-refractivity contribution in [2.45, 2.75) is 6.92 Å². The molecule has 0 unspecified atom stereocenters. The summed E-state index contributed by atoms with van der Waals surface area (Å²) in [4.78, 5) is 11.7. The average Bonchev–Trinajstić information content (AvgIpc) is 2.30. The van der Waals surface area contributed by atoms with Crippen molar-refractivity contribution >= 4 is 27.1 Å². The molecule has 0 atom stereocenters. The quantitative estimate of drug-likeness (QED) is 0.660. The van der Waals surface area contributed by atoms with Crippen molar-refractivity contribution in [1.82, 2.24) is 5.32 Å². The lowest BCUT2D eigenvalue weighted by Crippen LogP contribution is -2.23. The van der Waals surface area contributed by atoms with Crippen molar-refractivity contribution < 1.29 is 13.2 Å². The molecule has 0 bridgehead atoms. The molecule has 0 heterocycles. The van der Waals surface area contributed by atoms with Crippen LogP contribution in [0.5, 0.6) is 0 Å². The summed E-state index contributed by atoms with van der Waals surface area (Å²) in [6, 6.07) is 4.86. The molecule has 19 heavy (non-hydrogen) atoms. The Morgan fingerprint density at radius 1 is 1.37 bits per heavy atom. The first-order chi connectivity index (χ1) is 8.83. The highest BCUT2D eigenvalue weighted by atomic mass is 32.2. The molecule has 4 N–H and O–H groups in total. The smallest absolute Gasteiger partial charge is 0.251 e. The number of benzene rings is 1. The highest BCUT2D eigenvalue weighted by Gasteiger charge is 2.08. The maximum atomic E-state index is 11.7.